The first kappa shape index (κ1) is 10.1. The summed E-state index contributed by atoms with van der Waals surface area (Å²) in [5.74, 6) is 0.679. The summed E-state index contributed by atoms with van der Waals surface area (Å²) in [4.78, 5) is 4.08. The number of nitrogens with zero attached hydrogens (tertiary/aromatic N) is 1. The van der Waals surface area contributed by atoms with Crippen molar-refractivity contribution in [1.29, 1.82) is 0 Å². The van der Waals surface area contributed by atoms with Gasteiger partial charge < -0.3 is 9.84 Å². The summed E-state index contributed by atoms with van der Waals surface area (Å²) >= 11 is 1.46. The van der Waals surface area contributed by atoms with Gasteiger partial charge in [0.1, 0.15) is 11.9 Å². The fourth-order valence-corrected chi connectivity index (χ4v) is 1.98. The summed E-state index contributed by atoms with van der Waals surface area (Å²) in [6.45, 7) is 0. The molecule has 1 heterocycles. The van der Waals surface area contributed by atoms with Gasteiger partial charge in [0.05, 0.1) is 18.3 Å². The molecule has 4 heteroatoms. The van der Waals surface area contributed by atoms with Crippen LogP contribution in [0.15, 0.2) is 35.2 Å². The molecule has 0 saturated carbocycles. The van der Waals surface area contributed by atoms with Gasteiger partial charge in [-0.05, 0) is 6.07 Å². The second kappa shape index (κ2) is 4.42. The van der Waals surface area contributed by atoms with Gasteiger partial charge in [-0.15, -0.1) is 11.3 Å². The monoisotopic (exact) mass is 221 g/mol. The molecule has 2 rings (SSSR count). The molecule has 0 aliphatic rings. The van der Waals surface area contributed by atoms with Crippen LogP contribution in [0, 0.1) is 0 Å². The SMILES string of the molecule is COc1ccccc1C(O)c1cscn1. The number of aromatic nitrogens is 1. The van der Waals surface area contributed by atoms with Gasteiger partial charge in [0.2, 0.25) is 0 Å². The number of aliphatic hydroxyl groups excluding tert-OH is 1. The topological polar surface area (TPSA) is 42.4 Å². The van der Waals surface area contributed by atoms with Crippen molar-refractivity contribution in [1.82, 2.24) is 4.98 Å². The van der Waals surface area contributed by atoms with Crippen LogP contribution in [0.5, 0.6) is 5.75 Å². The first-order valence-electron chi connectivity index (χ1n) is 4.52. The van der Waals surface area contributed by atoms with Crippen LogP contribution in [0.25, 0.3) is 0 Å². The van der Waals surface area contributed by atoms with Crippen LogP contribution in [0.4, 0.5) is 0 Å². The lowest BCUT2D eigenvalue weighted by atomic mass is 10.1. The molecule has 1 N–H and O–H groups in total. The molecule has 0 aliphatic heterocycles. The molecule has 1 unspecified atom stereocenters. The number of rotatable bonds is 3. The number of para-hydroxylation sites is 1. The predicted octanol–water partition coefficient (Wildman–Crippen LogP) is 2.23. The third kappa shape index (κ3) is 2.00. The number of ether oxygens (including phenoxy) is 1. The highest BCUT2D eigenvalue weighted by Gasteiger charge is 2.16. The molecular formula is C11H11NO2S. The van der Waals surface area contributed by atoms with Crippen LogP contribution in [0.1, 0.15) is 17.4 Å². The van der Waals surface area contributed by atoms with Crippen LogP contribution in [0.2, 0.25) is 0 Å². The Morgan fingerprint density at radius 3 is 2.87 bits per heavy atom. The Labute approximate surface area is 92.0 Å². The van der Waals surface area contributed by atoms with E-state index in [0.29, 0.717) is 11.4 Å². The van der Waals surface area contributed by atoms with Crippen molar-refractivity contribution >= 4 is 11.3 Å². The van der Waals surface area contributed by atoms with Gasteiger partial charge in [0.15, 0.2) is 0 Å². The maximum absolute atomic E-state index is 10.1. The molecule has 1 atom stereocenters. The maximum Gasteiger partial charge on any atom is 0.125 e. The Morgan fingerprint density at radius 2 is 2.20 bits per heavy atom. The van der Waals surface area contributed by atoms with Crippen LogP contribution in [-0.4, -0.2) is 17.2 Å². The largest absolute Gasteiger partial charge is 0.496 e. The van der Waals surface area contributed by atoms with Gasteiger partial charge >= 0.3 is 0 Å². The molecule has 0 radical (unpaired) electrons. The molecule has 0 aliphatic carbocycles. The van der Waals surface area contributed by atoms with E-state index in [1.165, 1.54) is 11.3 Å². The summed E-state index contributed by atoms with van der Waals surface area (Å²) in [6, 6.07) is 7.40. The minimum atomic E-state index is -0.715. The Kier molecular flexibility index (Phi) is 2.99. The van der Waals surface area contributed by atoms with Crippen LogP contribution in [-0.2, 0) is 0 Å². The van der Waals surface area contributed by atoms with E-state index in [2.05, 4.69) is 4.98 Å². The summed E-state index contributed by atoms with van der Waals surface area (Å²) in [5.41, 5.74) is 3.10. The zero-order chi connectivity index (χ0) is 10.7. The van der Waals surface area contributed by atoms with E-state index in [1.807, 2.05) is 29.6 Å². The average molecular weight is 221 g/mol. The molecule has 15 heavy (non-hydrogen) atoms. The van der Waals surface area contributed by atoms with Crippen molar-refractivity contribution in [3.63, 3.8) is 0 Å². The number of methoxy groups -OCH3 is 1. The van der Waals surface area contributed by atoms with Gasteiger partial charge in [-0.3, -0.25) is 0 Å². The second-order valence-electron chi connectivity index (χ2n) is 3.06. The van der Waals surface area contributed by atoms with E-state index in [0.717, 1.165) is 5.56 Å². The van der Waals surface area contributed by atoms with Crippen molar-refractivity contribution in [3.8, 4) is 5.75 Å². The highest BCUT2D eigenvalue weighted by atomic mass is 32.1. The normalized spacial score (nSPS) is 12.4. The smallest absolute Gasteiger partial charge is 0.125 e. The summed E-state index contributed by atoms with van der Waals surface area (Å²) in [5, 5.41) is 11.9. The third-order valence-corrected chi connectivity index (χ3v) is 2.77. The van der Waals surface area contributed by atoms with E-state index >= 15 is 0 Å². The first-order chi connectivity index (χ1) is 7.33. The van der Waals surface area contributed by atoms with Crippen molar-refractivity contribution in [2.24, 2.45) is 0 Å². The minimum absolute atomic E-state index is 0.657. The summed E-state index contributed by atoms with van der Waals surface area (Å²) < 4.78 is 5.18. The van der Waals surface area contributed by atoms with Crippen molar-refractivity contribution < 1.29 is 9.84 Å². The first-order valence-corrected chi connectivity index (χ1v) is 5.46. The minimum Gasteiger partial charge on any atom is -0.496 e. The Morgan fingerprint density at radius 1 is 1.40 bits per heavy atom. The highest BCUT2D eigenvalue weighted by Crippen LogP contribution is 2.29. The molecule has 0 bridgehead atoms. The summed E-state index contributed by atoms with van der Waals surface area (Å²) in [6.07, 6.45) is -0.715. The summed E-state index contributed by atoms with van der Waals surface area (Å²) in [7, 11) is 1.59. The van der Waals surface area contributed by atoms with Gasteiger partial charge in [0, 0.05) is 10.9 Å². The Hall–Kier alpha value is -1.39. The molecule has 0 saturated heterocycles. The van der Waals surface area contributed by atoms with Crippen molar-refractivity contribution in [2.45, 2.75) is 6.10 Å². The van der Waals surface area contributed by atoms with Crippen LogP contribution in [0.3, 0.4) is 0 Å². The van der Waals surface area contributed by atoms with E-state index < -0.39 is 6.10 Å². The number of hydrogen-bond acceptors (Lipinski definition) is 4. The van der Waals surface area contributed by atoms with Crippen molar-refractivity contribution in [2.75, 3.05) is 7.11 Å². The van der Waals surface area contributed by atoms with E-state index in [4.69, 9.17) is 4.74 Å². The molecule has 0 fully saturated rings. The Balaban J connectivity index is 2.37. The van der Waals surface area contributed by atoms with Crippen LogP contribution >= 0.6 is 11.3 Å². The molecule has 1 aromatic carbocycles. The average Bonchev–Trinajstić information content (AvgIpc) is 2.81. The van der Waals surface area contributed by atoms with Gasteiger partial charge in [-0.2, -0.15) is 0 Å². The lowest BCUT2D eigenvalue weighted by Gasteiger charge is -2.12. The molecule has 78 valence electrons. The number of thiazole rings is 1. The van der Waals surface area contributed by atoms with Gasteiger partial charge in [-0.1, -0.05) is 18.2 Å². The van der Waals surface area contributed by atoms with E-state index in [-0.39, 0.29) is 0 Å². The van der Waals surface area contributed by atoms with Crippen molar-refractivity contribution in [3.05, 3.63) is 46.4 Å². The van der Waals surface area contributed by atoms with Gasteiger partial charge in [0.25, 0.3) is 0 Å². The third-order valence-electron chi connectivity index (χ3n) is 2.17. The molecule has 1 aromatic heterocycles. The van der Waals surface area contributed by atoms with Crippen LogP contribution < -0.4 is 4.74 Å². The zero-order valence-electron chi connectivity index (χ0n) is 8.25. The maximum atomic E-state index is 10.1. The quantitative estimate of drug-likeness (QED) is 0.864. The lowest BCUT2D eigenvalue weighted by Crippen LogP contribution is -2.02. The molecular weight excluding hydrogens is 210 g/mol. The predicted molar refractivity (Wildman–Crippen MR) is 59.2 cm³/mol. The number of benzene rings is 1. The van der Waals surface area contributed by atoms with E-state index in [1.54, 1.807) is 12.6 Å². The second-order valence-corrected chi connectivity index (χ2v) is 3.78. The standard InChI is InChI=1S/C11H11NO2S/c1-14-10-5-3-2-4-8(10)11(13)9-6-15-7-12-9/h2-7,11,13H,1H3. The molecule has 3 nitrogen and oxygen atoms in total. The highest BCUT2D eigenvalue weighted by molar-refractivity contribution is 7.07. The molecule has 0 amide bonds. The zero-order valence-corrected chi connectivity index (χ0v) is 9.07. The Bertz CT molecular complexity index is 428. The molecule has 2 aromatic rings. The number of hydrogen-bond donors (Lipinski definition) is 1. The molecule has 0 spiro atoms. The number of aliphatic hydroxyl groups is 1. The fraction of sp³-hybridized carbons (Fsp3) is 0.182. The lowest BCUT2D eigenvalue weighted by molar-refractivity contribution is 0.210. The van der Waals surface area contributed by atoms with Gasteiger partial charge in [-0.25, -0.2) is 4.98 Å². The van der Waals surface area contributed by atoms with E-state index in [9.17, 15) is 5.11 Å². The fourth-order valence-electron chi connectivity index (χ4n) is 1.41.